The number of unbranched alkanes of at least 4 members (excludes halogenated alkanes) is 2. The standard InChI is InChI=1S/C26H31NO5/c1-4-20(26(28)29)8-6-5-7-15-32-23-12-9-19(10-13-23)16-22(18-27)21-11-14-24(30-2)25(17-21)31-3/h9-14,16-17,20H,4-8,15H2,1-3H3,(H,28,29). The van der Waals surface area contributed by atoms with Crippen LogP contribution in [0, 0.1) is 17.2 Å². The molecule has 32 heavy (non-hydrogen) atoms. The monoisotopic (exact) mass is 437 g/mol. The summed E-state index contributed by atoms with van der Waals surface area (Å²) in [5.74, 6) is 1.01. The summed E-state index contributed by atoms with van der Waals surface area (Å²) in [6, 6.07) is 15.2. The number of allylic oxidation sites excluding steroid dienone is 1. The van der Waals surface area contributed by atoms with E-state index in [0.717, 1.165) is 36.1 Å². The Labute approximate surface area is 190 Å². The molecule has 2 aromatic rings. The highest BCUT2D eigenvalue weighted by atomic mass is 16.5. The quantitative estimate of drug-likeness (QED) is 0.241. The van der Waals surface area contributed by atoms with Crippen molar-refractivity contribution in [1.82, 2.24) is 0 Å². The van der Waals surface area contributed by atoms with Gasteiger partial charge in [-0.15, -0.1) is 0 Å². The highest BCUT2D eigenvalue weighted by molar-refractivity contribution is 5.90. The number of benzene rings is 2. The topological polar surface area (TPSA) is 88.8 Å². The third-order valence-electron chi connectivity index (χ3n) is 5.31. The number of carboxylic acids is 1. The van der Waals surface area contributed by atoms with Crippen LogP contribution in [0.4, 0.5) is 0 Å². The minimum absolute atomic E-state index is 0.242. The summed E-state index contributed by atoms with van der Waals surface area (Å²) in [5, 5.41) is 18.7. The zero-order valence-electron chi connectivity index (χ0n) is 19.0. The second kappa shape index (κ2) is 13.1. The summed E-state index contributed by atoms with van der Waals surface area (Å²) in [6.45, 7) is 2.50. The average molecular weight is 438 g/mol. The van der Waals surface area contributed by atoms with Crippen molar-refractivity contribution in [3.63, 3.8) is 0 Å². The molecule has 0 saturated heterocycles. The number of carboxylic acid groups (broad SMARTS) is 1. The molecule has 0 spiro atoms. The Morgan fingerprint density at radius 3 is 2.38 bits per heavy atom. The van der Waals surface area contributed by atoms with Crippen molar-refractivity contribution < 1.29 is 24.1 Å². The molecule has 0 aromatic heterocycles. The molecule has 2 rings (SSSR count). The van der Waals surface area contributed by atoms with Gasteiger partial charge in [0.2, 0.25) is 0 Å². The van der Waals surface area contributed by atoms with Crippen LogP contribution in [0.5, 0.6) is 17.2 Å². The first kappa shape index (κ1) is 24.8. The van der Waals surface area contributed by atoms with Crippen LogP contribution in [0.3, 0.4) is 0 Å². The number of hydrogen-bond acceptors (Lipinski definition) is 5. The number of hydrogen-bond donors (Lipinski definition) is 1. The molecular formula is C26H31NO5. The van der Waals surface area contributed by atoms with E-state index in [1.165, 1.54) is 0 Å². The van der Waals surface area contributed by atoms with Crippen LogP contribution < -0.4 is 14.2 Å². The molecule has 0 bridgehead atoms. The van der Waals surface area contributed by atoms with Crippen molar-refractivity contribution in [2.45, 2.75) is 39.0 Å². The van der Waals surface area contributed by atoms with Gasteiger partial charge in [0.25, 0.3) is 0 Å². The Morgan fingerprint density at radius 1 is 1.06 bits per heavy atom. The van der Waals surface area contributed by atoms with E-state index in [4.69, 9.17) is 19.3 Å². The molecule has 0 radical (unpaired) electrons. The Hall–Kier alpha value is -3.46. The Bertz CT molecular complexity index is 944. The van der Waals surface area contributed by atoms with Crippen molar-refractivity contribution in [3.05, 3.63) is 53.6 Å². The summed E-state index contributed by atoms with van der Waals surface area (Å²) < 4.78 is 16.4. The Kier molecular flexibility index (Phi) is 10.1. The van der Waals surface area contributed by atoms with Crippen molar-refractivity contribution in [2.75, 3.05) is 20.8 Å². The average Bonchev–Trinajstić information content (AvgIpc) is 2.82. The van der Waals surface area contributed by atoms with Crippen LogP contribution in [0.2, 0.25) is 0 Å². The first-order chi connectivity index (χ1) is 15.5. The minimum Gasteiger partial charge on any atom is -0.494 e. The Morgan fingerprint density at radius 2 is 1.78 bits per heavy atom. The van der Waals surface area contributed by atoms with Crippen LogP contribution in [-0.2, 0) is 4.79 Å². The SMILES string of the molecule is CCC(CCCCCOc1ccc(C=C(C#N)c2ccc(OC)c(OC)c2)cc1)C(=O)O. The van der Waals surface area contributed by atoms with Crippen LogP contribution in [-0.4, -0.2) is 31.9 Å². The molecular weight excluding hydrogens is 406 g/mol. The van der Waals surface area contributed by atoms with Crippen LogP contribution >= 0.6 is 0 Å². The third kappa shape index (κ3) is 7.35. The van der Waals surface area contributed by atoms with Gasteiger partial charge in [0.1, 0.15) is 5.75 Å². The van der Waals surface area contributed by atoms with E-state index in [1.54, 1.807) is 26.4 Å². The summed E-state index contributed by atoms with van der Waals surface area (Å²) in [5.41, 5.74) is 2.16. The molecule has 0 aliphatic heterocycles. The maximum Gasteiger partial charge on any atom is 0.306 e. The number of ether oxygens (including phenoxy) is 3. The largest absolute Gasteiger partial charge is 0.494 e. The molecule has 6 nitrogen and oxygen atoms in total. The van der Waals surface area contributed by atoms with Gasteiger partial charge in [-0.2, -0.15) is 5.26 Å². The number of nitrogens with zero attached hydrogens (tertiary/aromatic N) is 1. The number of nitriles is 1. The van der Waals surface area contributed by atoms with Crippen molar-refractivity contribution in [1.29, 1.82) is 5.26 Å². The first-order valence-corrected chi connectivity index (χ1v) is 10.8. The van der Waals surface area contributed by atoms with Gasteiger partial charge in [-0.05, 0) is 66.8 Å². The summed E-state index contributed by atoms with van der Waals surface area (Å²) >= 11 is 0. The van der Waals surface area contributed by atoms with Gasteiger partial charge in [-0.3, -0.25) is 4.79 Å². The van der Waals surface area contributed by atoms with E-state index >= 15 is 0 Å². The molecule has 0 fully saturated rings. The van der Waals surface area contributed by atoms with Gasteiger partial charge < -0.3 is 19.3 Å². The predicted molar refractivity (Wildman–Crippen MR) is 125 cm³/mol. The molecule has 2 aromatic carbocycles. The lowest BCUT2D eigenvalue weighted by molar-refractivity contribution is -0.142. The van der Waals surface area contributed by atoms with Crippen molar-refractivity contribution in [3.8, 4) is 23.3 Å². The lowest BCUT2D eigenvalue weighted by Gasteiger charge is -2.10. The van der Waals surface area contributed by atoms with Crippen molar-refractivity contribution >= 4 is 17.6 Å². The van der Waals surface area contributed by atoms with E-state index < -0.39 is 5.97 Å². The molecule has 0 heterocycles. The van der Waals surface area contributed by atoms with Crippen LogP contribution in [0.25, 0.3) is 11.6 Å². The molecule has 1 N–H and O–H groups in total. The number of rotatable bonds is 13. The van der Waals surface area contributed by atoms with E-state index in [9.17, 15) is 10.1 Å². The van der Waals surface area contributed by atoms with Crippen molar-refractivity contribution in [2.24, 2.45) is 5.92 Å². The molecule has 6 heteroatoms. The normalized spacial score (nSPS) is 12.0. The molecule has 0 amide bonds. The molecule has 1 atom stereocenters. The fourth-order valence-electron chi connectivity index (χ4n) is 3.37. The van der Waals surface area contributed by atoms with Gasteiger partial charge >= 0.3 is 5.97 Å². The highest BCUT2D eigenvalue weighted by Gasteiger charge is 2.13. The lowest BCUT2D eigenvalue weighted by atomic mass is 9.99. The zero-order chi connectivity index (χ0) is 23.3. The number of carbonyl (C=O) groups is 1. The summed E-state index contributed by atoms with van der Waals surface area (Å²) in [6.07, 6.45) is 5.93. The number of methoxy groups -OCH3 is 2. The minimum atomic E-state index is -0.705. The summed E-state index contributed by atoms with van der Waals surface area (Å²) in [7, 11) is 3.14. The smallest absolute Gasteiger partial charge is 0.306 e. The lowest BCUT2D eigenvalue weighted by Crippen LogP contribution is -2.12. The number of aliphatic carboxylic acids is 1. The second-order valence-electron chi connectivity index (χ2n) is 7.45. The molecule has 0 saturated carbocycles. The molecule has 1 unspecified atom stereocenters. The van der Waals surface area contributed by atoms with Gasteiger partial charge in [-0.1, -0.05) is 31.9 Å². The van der Waals surface area contributed by atoms with Gasteiger partial charge in [-0.25, -0.2) is 0 Å². The fourth-order valence-corrected chi connectivity index (χ4v) is 3.37. The fraction of sp³-hybridized carbons (Fsp3) is 0.385. The predicted octanol–water partition coefficient (Wildman–Crippen LogP) is 5.82. The molecule has 0 aliphatic carbocycles. The van der Waals surface area contributed by atoms with E-state index in [-0.39, 0.29) is 5.92 Å². The van der Waals surface area contributed by atoms with Gasteiger partial charge in [0.15, 0.2) is 11.5 Å². The molecule has 0 aliphatic rings. The Balaban J connectivity index is 1.89. The van der Waals surface area contributed by atoms with Gasteiger partial charge in [0.05, 0.1) is 38.4 Å². The second-order valence-corrected chi connectivity index (χ2v) is 7.45. The van der Waals surface area contributed by atoms with E-state index in [1.807, 2.05) is 43.3 Å². The van der Waals surface area contributed by atoms with Crippen LogP contribution in [0.15, 0.2) is 42.5 Å². The zero-order valence-corrected chi connectivity index (χ0v) is 19.0. The van der Waals surface area contributed by atoms with E-state index in [0.29, 0.717) is 36.5 Å². The first-order valence-electron chi connectivity index (χ1n) is 10.8. The third-order valence-corrected chi connectivity index (χ3v) is 5.31. The maximum absolute atomic E-state index is 11.0. The summed E-state index contributed by atoms with van der Waals surface area (Å²) in [4.78, 5) is 11.0. The highest BCUT2D eigenvalue weighted by Crippen LogP contribution is 2.31. The maximum atomic E-state index is 11.0. The van der Waals surface area contributed by atoms with Crippen LogP contribution in [0.1, 0.15) is 50.2 Å². The van der Waals surface area contributed by atoms with Gasteiger partial charge in [0, 0.05) is 0 Å². The van der Waals surface area contributed by atoms with E-state index in [2.05, 4.69) is 6.07 Å². The molecule has 170 valence electrons.